The van der Waals surface area contributed by atoms with E-state index in [1.54, 1.807) is 0 Å². The molecule has 1 aliphatic carbocycles. The van der Waals surface area contributed by atoms with E-state index in [4.69, 9.17) is 5.11 Å². The van der Waals surface area contributed by atoms with Crippen LogP contribution in [0.5, 0.6) is 0 Å². The molecule has 1 heterocycles. The van der Waals surface area contributed by atoms with Crippen LogP contribution in [-0.4, -0.2) is 21.8 Å². The second-order valence-electron chi connectivity index (χ2n) is 6.41. The van der Waals surface area contributed by atoms with Gasteiger partial charge in [0.2, 0.25) is 11.8 Å². The number of piperidine rings is 1. The van der Waals surface area contributed by atoms with Crippen LogP contribution in [0.1, 0.15) is 49.7 Å². The molecule has 1 spiro atoms. The summed E-state index contributed by atoms with van der Waals surface area (Å²) in [7, 11) is 0. The van der Waals surface area contributed by atoms with E-state index in [-0.39, 0.29) is 23.8 Å². The zero-order valence-corrected chi connectivity index (χ0v) is 12.2. The lowest BCUT2D eigenvalue weighted by molar-refractivity contribution is -0.154. The summed E-state index contributed by atoms with van der Waals surface area (Å²) in [5.74, 6) is -0.0786. The van der Waals surface area contributed by atoms with Crippen LogP contribution in [0.2, 0.25) is 0 Å². The lowest BCUT2D eigenvalue weighted by Gasteiger charge is -2.37. The van der Waals surface area contributed by atoms with Crippen LogP contribution in [0.4, 0.5) is 0 Å². The number of benzene rings is 1. The van der Waals surface area contributed by atoms with Crippen molar-refractivity contribution in [2.45, 2.75) is 51.7 Å². The Hall–Kier alpha value is -1.68. The third-order valence-corrected chi connectivity index (χ3v) is 4.83. The molecule has 4 nitrogen and oxygen atoms in total. The maximum absolute atomic E-state index is 12.4. The van der Waals surface area contributed by atoms with Crippen LogP contribution in [0.15, 0.2) is 24.3 Å². The number of carbonyl (C=O) groups excluding carboxylic acids is 2. The van der Waals surface area contributed by atoms with Crippen LogP contribution >= 0.6 is 0 Å². The minimum Gasteiger partial charge on any atom is -0.392 e. The van der Waals surface area contributed by atoms with E-state index in [0.717, 1.165) is 36.8 Å². The molecule has 1 aromatic carbocycles. The topological polar surface area (TPSA) is 57.6 Å². The molecule has 1 saturated carbocycles. The molecule has 2 fully saturated rings. The van der Waals surface area contributed by atoms with Gasteiger partial charge in [-0.05, 0) is 29.4 Å². The van der Waals surface area contributed by atoms with Gasteiger partial charge in [-0.2, -0.15) is 0 Å². The summed E-state index contributed by atoms with van der Waals surface area (Å²) in [6.07, 6.45) is 5.33. The standard InChI is InChI=1S/C17H21NO3/c19-12-14-5-3-4-13(8-14)11-18-15(20)9-17(10-16(18)21)6-1-2-7-17/h3-5,8,19H,1-2,6-7,9-12H2. The monoisotopic (exact) mass is 287 g/mol. The van der Waals surface area contributed by atoms with Gasteiger partial charge >= 0.3 is 0 Å². The average molecular weight is 287 g/mol. The number of aliphatic hydroxyl groups is 1. The van der Waals surface area contributed by atoms with Crippen molar-refractivity contribution in [2.75, 3.05) is 0 Å². The fraction of sp³-hybridized carbons (Fsp3) is 0.529. The van der Waals surface area contributed by atoms with E-state index in [0.29, 0.717) is 19.4 Å². The minimum atomic E-state index is -0.0440. The molecule has 1 N–H and O–H groups in total. The fourth-order valence-electron chi connectivity index (χ4n) is 3.70. The summed E-state index contributed by atoms with van der Waals surface area (Å²) in [4.78, 5) is 26.1. The first kappa shape index (κ1) is 14.3. The first-order valence-corrected chi connectivity index (χ1v) is 7.64. The molecule has 4 heteroatoms. The lowest BCUT2D eigenvalue weighted by Crippen LogP contribution is -2.46. The minimum absolute atomic E-state index is 0.0289. The van der Waals surface area contributed by atoms with Gasteiger partial charge in [0, 0.05) is 12.8 Å². The molecule has 3 rings (SSSR count). The van der Waals surface area contributed by atoms with Gasteiger partial charge in [-0.3, -0.25) is 14.5 Å². The number of carbonyl (C=O) groups is 2. The zero-order chi connectivity index (χ0) is 14.9. The SMILES string of the molecule is O=C1CC2(CCCC2)CC(=O)N1Cc1cccc(CO)c1. The molecule has 21 heavy (non-hydrogen) atoms. The largest absolute Gasteiger partial charge is 0.392 e. The molecule has 0 atom stereocenters. The van der Waals surface area contributed by atoms with Gasteiger partial charge in [0.05, 0.1) is 13.2 Å². The highest BCUT2D eigenvalue weighted by molar-refractivity contribution is 5.98. The number of amides is 2. The number of hydrogen-bond acceptors (Lipinski definition) is 3. The summed E-state index contributed by atoms with van der Waals surface area (Å²) < 4.78 is 0. The molecule has 2 amide bonds. The number of hydrogen-bond donors (Lipinski definition) is 1. The number of imide groups is 1. The number of nitrogens with zero attached hydrogens (tertiary/aromatic N) is 1. The Morgan fingerprint density at radius 3 is 2.29 bits per heavy atom. The van der Waals surface area contributed by atoms with Crippen LogP contribution in [0.25, 0.3) is 0 Å². The molecular formula is C17H21NO3. The van der Waals surface area contributed by atoms with Crippen molar-refractivity contribution in [1.29, 1.82) is 0 Å². The van der Waals surface area contributed by atoms with Crippen molar-refractivity contribution in [3.63, 3.8) is 0 Å². The molecule has 0 radical (unpaired) electrons. The van der Waals surface area contributed by atoms with Crippen molar-refractivity contribution in [1.82, 2.24) is 4.90 Å². The molecule has 112 valence electrons. The molecule has 0 unspecified atom stereocenters. The van der Waals surface area contributed by atoms with Gasteiger partial charge in [-0.25, -0.2) is 0 Å². The highest BCUT2D eigenvalue weighted by Crippen LogP contribution is 2.47. The van der Waals surface area contributed by atoms with Crippen LogP contribution in [-0.2, 0) is 22.7 Å². The van der Waals surface area contributed by atoms with Crippen molar-refractivity contribution in [2.24, 2.45) is 5.41 Å². The quantitative estimate of drug-likeness (QED) is 0.868. The van der Waals surface area contributed by atoms with Crippen molar-refractivity contribution < 1.29 is 14.7 Å². The Balaban J connectivity index is 1.74. The summed E-state index contributed by atoms with van der Waals surface area (Å²) in [5, 5.41) is 9.16. The van der Waals surface area contributed by atoms with Crippen molar-refractivity contribution in [3.05, 3.63) is 35.4 Å². The van der Waals surface area contributed by atoms with Crippen molar-refractivity contribution in [3.8, 4) is 0 Å². The fourth-order valence-corrected chi connectivity index (χ4v) is 3.70. The van der Waals surface area contributed by atoms with Gasteiger partial charge < -0.3 is 5.11 Å². The molecule has 1 aromatic rings. The normalized spacial score (nSPS) is 21.3. The first-order valence-electron chi connectivity index (χ1n) is 7.64. The number of aliphatic hydroxyl groups excluding tert-OH is 1. The molecule has 1 aliphatic heterocycles. The van der Waals surface area contributed by atoms with Gasteiger partial charge in [0.1, 0.15) is 0 Å². The summed E-state index contributed by atoms with van der Waals surface area (Å²) in [6.45, 7) is 0.292. The van der Waals surface area contributed by atoms with E-state index in [9.17, 15) is 9.59 Å². The Bertz CT molecular complexity index is 541. The molecule has 0 bridgehead atoms. The number of rotatable bonds is 3. The molecular weight excluding hydrogens is 266 g/mol. The zero-order valence-electron chi connectivity index (χ0n) is 12.2. The van der Waals surface area contributed by atoms with Gasteiger partial charge in [-0.1, -0.05) is 37.1 Å². The first-order chi connectivity index (χ1) is 10.1. The second kappa shape index (κ2) is 5.60. The van der Waals surface area contributed by atoms with E-state index >= 15 is 0 Å². The van der Waals surface area contributed by atoms with E-state index < -0.39 is 0 Å². The third-order valence-electron chi connectivity index (χ3n) is 4.83. The van der Waals surface area contributed by atoms with E-state index in [2.05, 4.69) is 0 Å². The smallest absolute Gasteiger partial charge is 0.230 e. The van der Waals surface area contributed by atoms with Crippen LogP contribution in [0, 0.1) is 5.41 Å². The third kappa shape index (κ3) is 2.86. The summed E-state index contributed by atoms with van der Waals surface area (Å²) in [5.41, 5.74) is 1.65. The molecule has 0 aromatic heterocycles. The van der Waals surface area contributed by atoms with Gasteiger partial charge in [0.25, 0.3) is 0 Å². The maximum atomic E-state index is 12.4. The maximum Gasteiger partial charge on any atom is 0.230 e. The average Bonchev–Trinajstić information content (AvgIpc) is 2.91. The van der Waals surface area contributed by atoms with Crippen LogP contribution < -0.4 is 0 Å². The lowest BCUT2D eigenvalue weighted by atomic mass is 9.76. The molecule has 2 aliphatic rings. The van der Waals surface area contributed by atoms with Crippen LogP contribution in [0.3, 0.4) is 0 Å². The summed E-state index contributed by atoms with van der Waals surface area (Å²) in [6, 6.07) is 7.41. The Morgan fingerprint density at radius 1 is 1.05 bits per heavy atom. The Kier molecular flexibility index (Phi) is 3.81. The predicted molar refractivity (Wildman–Crippen MR) is 78.1 cm³/mol. The highest BCUT2D eigenvalue weighted by Gasteiger charge is 2.44. The Morgan fingerprint density at radius 2 is 1.67 bits per heavy atom. The van der Waals surface area contributed by atoms with E-state index in [1.807, 2.05) is 24.3 Å². The second-order valence-corrected chi connectivity index (χ2v) is 6.41. The highest BCUT2D eigenvalue weighted by atomic mass is 16.3. The van der Waals surface area contributed by atoms with Gasteiger partial charge in [-0.15, -0.1) is 0 Å². The Labute approximate surface area is 124 Å². The summed E-state index contributed by atoms with van der Waals surface area (Å²) >= 11 is 0. The molecule has 1 saturated heterocycles. The predicted octanol–water partition coefficient (Wildman–Crippen LogP) is 2.39. The van der Waals surface area contributed by atoms with E-state index in [1.165, 1.54) is 4.90 Å². The number of likely N-dealkylation sites (tertiary alicyclic amines) is 1. The van der Waals surface area contributed by atoms with Gasteiger partial charge in [0.15, 0.2) is 0 Å². The van der Waals surface area contributed by atoms with Crippen molar-refractivity contribution >= 4 is 11.8 Å².